The molecule has 0 saturated carbocycles. The number of nitrogens with one attached hydrogen (secondary N) is 1. The van der Waals surface area contributed by atoms with Gasteiger partial charge in [0.15, 0.2) is 47.6 Å². The molecule has 0 saturated heterocycles. The second-order valence-electron chi connectivity index (χ2n) is 7.42. The Bertz CT molecular complexity index is 1390. The van der Waals surface area contributed by atoms with E-state index in [9.17, 15) is 29.7 Å². The van der Waals surface area contributed by atoms with Crippen molar-refractivity contribution in [2.75, 3.05) is 13.1 Å². The summed E-state index contributed by atoms with van der Waals surface area (Å²) in [7, 11) is 0. The molecular weight excluding hydrogens is 1200 g/mol. The summed E-state index contributed by atoms with van der Waals surface area (Å²) in [6.07, 6.45) is -1.07. The second kappa shape index (κ2) is 14.8. The van der Waals surface area contributed by atoms with E-state index in [1.807, 2.05) is 136 Å². The minimum absolute atomic E-state index is 0.0917. The highest BCUT2D eigenvalue weighted by Crippen LogP contribution is 2.37. The lowest BCUT2D eigenvalue weighted by Crippen LogP contribution is -3.17. The van der Waals surface area contributed by atoms with Crippen LogP contribution < -0.4 is 19.1 Å². The monoisotopic (exact) mass is 1210 g/mol. The average molecular weight is 1210 g/mol. The number of hydrogen-bond acceptors (Lipinski definition) is 9. The van der Waals surface area contributed by atoms with Gasteiger partial charge in [0.1, 0.15) is 0 Å². The van der Waals surface area contributed by atoms with Gasteiger partial charge in [0, 0.05) is 0 Å². The van der Waals surface area contributed by atoms with E-state index < -0.39 is 31.1 Å². The summed E-state index contributed by atoms with van der Waals surface area (Å²) in [5.74, 6) is -2.99. The molecule has 16 heteroatoms. The molecule has 206 valence electrons. The maximum Gasteiger partial charge on any atom is 0.520 e. The number of phenols is 3. The fourth-order valence-electron chi connectivity index (χ4n) is 2.88. The van der Waals surface area contributed by atoms with E-state index >= 15 is 0 Å². The lowest BCUT2D eigenvalue weighted by molar-refractivity contribution is -0.805. The summed E-state index contributed by atoms with van der Waals surface area (Å²) in [5.41, 5.74) is 0. The molecule has 10 nitrogen and oxygen atoms in total. The van der Waals surface area contributed by atoms with Gasteiger partial charge in [-0.2, -0.15) is 4.79 Å². The molecule has 3 aromatic rings. The first-order chi connectivity index (χ1) is 18.3. The number of quaternary nitrogens is 1. The molecule has 3 aromatic carbocycles. The van der Waals surface area contributed by atoms with E-state index in [-0.39, 0.29) is 39.4 Å². The molecule has 0 atom stereocenters. The van der Waals surface area contributed by atoms with Gasteiger partial charge in [-0.1, -0.05) is 0 Å². The number of hydrogen-bond donors (Lipinski definition) is 4. The minimum Gasteiger partial charge on any atom is -0.503 e. The van der Waals surface area contributed by atoms with Crippen LogP contribution in [0, 0.1) is 21.4 Å². The Kier molecular flexibility index (Phi) is 12.7. The van der Waals surface area contributed by atoms with Gasteiger partial charge in [-0.15, -0.1) is 0 Å². The van der Waals surface area contributed by atoms with Crippen LogP contribution in [0.25, 0.3) is 0 Å². The van der Waals surface area contributed by atoms with Gasteiger partial charge in [-0.05, 0) is 172 Å². The van der Waals surface area contributed by atoms with Crippen LogP contribution in [-0.4, -0.2) is 46.4 Å². The van der Waals surface area contributed by atoms with E-state index in [2.05, 4.69) is 0 Å². The van der Waals surface area contributed by atoms with Crippen molar-refractivity contribution in [3.8, 4) is 34.5 Å². The highest BCUT2D eigenvalue weighted by atomic mass is 127. The molecule has 3 rings (SSSR count). The molecule has 0 spiro atoms. The quantitative estimate of drug-likeness (QED) is 0.146. The van der Waals surface area contributed by atoms with Crippen molar-refractivity contribution in [3.63, 3.8) is 0 Å². The summed E-state index contributed by atoms with van der Waals surface area (Å²) in [5, 5.41) is 31.0. The highest BCUT2D eigenvalue weighted by Gasteiger charge is 2.33. The molecule has 0 heterocycles. The fourth-order valence-corrected chi connectivity index (χ4v) is 5.79. The van der Waals surface area contributed by atoms with Crippen molar-refractivity contribution in [2.24, 2.45) is 0 Å². The third kappa shape index (κ3) is 8.66. The summed E-state index contributed by atoms with van der Waals surface area (Å²) in [6, 6.07) is 9.79. The Balaban J connectivity index is 1.88. The van der Waals surface area contributed by atoms with Crippen LogP contribution in [0.5, 0.6) is 34.5 Å². The number of aromatic hydroxyl groups is 3. The van der Waals surface area contributed by atoms with Gasteiger partial charge < -0.3 is 29.5 Å². The normalized spacial score (nSPS) is 10.8. The number of phenolic OH excluding ortho intramolecular Hbond substituents is 3. The van der Waals surface area contributed by atoms with E-state index in [1.165, 1.54) is 0 Å². The Morgan fingerprint density at radius 1 is 0.538 bits per heavy atom. The lowest BCUT2D eigenvalue weighted by atomic mass is 10.3. The number of amides is 1. The van der Waals surface area contributed by atoms with Gasteiger partial charge in [0.2, 0.25) is 0 Å². The zero-order valence-electron chi connectivity index (χ0n) is 18.9. The van der Waals surface area contributed by atoms with Gasteiger partial charge in [-0.3, -0.25) is 0 Å². The molecule has 0 aliphatic heterocycles. The Morgan fingerprint density at radius 3 is 1.15 bits per heavy atom. The average Bonchev–Trinajstić information content (AvgIpc) is 2.88. The predicted octanol–water partition coefficient (Wildman–Crippen LogP) is 5.03. The first kappa shape index (κ1) is 33.3. The van der Waals surface area contributed by atoms with Crippen molar-refractivity contribution in [1.82, 2.24) is 0 Å². The third-order valence-electron chi connectivity index (χ3n) is 4.73. The molecule has 0 radical (unpaired) electrons. The number of benzene rings is 3. The molecule has 0 fully saturated rings. The zero-order chi connectivity index (χ0) is 29.0. The molecule has 4 N–H and O–H groups in total. The van der Waals surface area contributed by atoms with Gasteiger partial charge in [-0.25, -0.2) is 14.5 Å². The number of carbonyl (C=O) groups excluding carboxylic acids is 3. The maximum absolute atomic E-state index is 13.2. The molecular formula is C23H14I6NO9+. The largest absolute Gasteiger partial charge is 0.520 e. The second-order valence-corrected chi connectivity index (χ2v) is 14.4. The Hall–Kier alpha value is -0.190. The molecule has 0 bridgehead atoms. The minimum atomic E-state index is -1.07. The molecule has 0 aliphatic carbocycles. The van der Waals surface area contributed by atoms with Gasteiger partial charge >= 0.3 is 18.0 Å². The van der Waals surface area contributed by atoms with Crippen LogP contribution in [0.1, 0.15) is 0 Å². The first-order valence-corrected chi connectivity index (χ1v) is 16.8. The Labute approximate surface area is 303 Å². The number of esters is 2. The maximum atomic E-state index is 13.2. The van der Waals surface area contributed by atoms with Crippen molar-refractivity contribution in [2.45, 2.75) is 0 Å². The number of ether oxygens (including phenoxy) is 3. The standard InChI is InChI=1S/C23H13I6NO9/c24-9-1-4-12(27)20(17(9)33)37-15(31)7-30(23(36)39-22-14(29)6-3-11(26)19(22)35)8-16(32)38-21-13(28)5-2-10(25)18(21)34/h1-6,33-35H,7-8H2/p+1. The summed E-state index contributed by atoms with van der Waals surface area (Å²) in [4.78, 5) is 38.6. The van der Waals surface area contributed by atoms with Crippen LogP contribution in [-0.2, 0) is 9.59 Å². The summed E-state index contributed by atoms with van der Waals surface area (Å²) < 4.78 is 18.7. The zero-order valence-corrected chi connectivity index (χ0v) is 31.9. The summed E-state index contributed by atoms with van der Waals surface area (Å²) in [6.45, 7) is -1.38. The first-order valence-electron chi connectivity index (χ1n) is 10.3. The lowest BCUT2D eigenvalue weighted by Gasteiger charge is -2.17. The topological polar surface area (TPSA) is 144 Å². The van der Waals surface area contributed by atoms with Crippen molar-refractivity contribution in [1.29, 1.82) is 0 Å². The van der Waals surface area contributed by atoms with E-state index in [0.29, 0.717) is 21.4 Å². The molecule has 0 aliphatic rings. The van der Waals surface area contributed by atoms with Gasteiger partial charge in [0.05, 0.1) is 21.4 Å². The predicted molar refractivity (Wildman–Crippen MR) is 189 cm³/mol. The van der Waals surface area contributed by atoms with Gasteiger partial charge in [0.25, 0.3) is 0 Å². The smallest absolute Gasteiger partial charge is 0.503 e. The van der Waals surface area contributed by atoms with Crippen LogP contribution >= 0.6 is 136 Å². The number of halogens is 6. The molecule has 1 amide bonds. The van der Waals surface area contributed by atoms with Crippen LogP contribution in [0.15, 0.2) is 36.4 Å². The van der Waals surface area contributed by atoms with E-state index in [1.54, 1.807) is 36.4 Å². The summed E-state index contributed by atoms with van der Waals surface area (Å²) >= 11 is 11.2. The third-order valence-corrected chi connectivity index (χ3v) is 9.89. The van der Waals surface area contributed by atoms with Crippen LogP contribution in [0.2, 0.25) is 0 Å². The molecule has 0 aromatic heterocycles. The van der Waals surface area contributed by atoms with Crippen molar-refractivity contribution >= 4 is 154 Å². The van der Waals surface area contributed by atoms with E-state index in [0.717, 1.165) is 0 Å². The molecule has 39 heavy (non-hydrogen) atoms. The molecule has 0 unspecified atom stereocenters. The number of carbonyl (C=O) groups is 3. The van der Waals surface area contributed by atoms with Crippen LogP contribution in [0.3, 0.4) is 0 Å². The van der Waals surface area contributed by atoms with Crippen molar-refractivity contribution in [3.05, 3.63) is 57.8 Å². The highest BCUT2D eigenvalue weighted by molar-refractivity contribution is 14.1. The van der Waals surface area contributed by atoms with E-state index in [4.69, 9.17) is 14.2 Å². The number of rotatable bonds is 7. The SMILES string of the molecule is O=C(C[NH+](CC(=O)Oc1c(I)ccc(I)c1O)C(=O)Oc1c(I)ccc(I)c1O)Oc1c(I)ccc(I)c1O. The van der Waals surface area contributed by atoms with Crippen LogP contribution in [0.4, 0.5) is 4.79 Å². The fraction of sp³-hybridized carbons (Fsp3) is 0.0870. The Morgan fingerprint density at radius 2 is 0.821 bits per heavy atom. The van der Waals surface area contributed by atoms with Crippen molar-refractivity contribution < 1.29 is 48.8 Å².